The van der Waals surface area contributed by atoms with Gasteiger partial charge in [-0.25, -0.2) is 15.0 Å². The highest BCUT2D eigenvalue weighted by Crippen LogP contribution is 2.50. The Labute approximate surface area is 282 Å². The zero-order valence-corrected chi connectivity index (χ0v) is 26.8. The number of para-hydroxylation sites is 1. The SMILES string of the molecule is C1=CC2SC3CC=C(c4nc(-c5ccccc5)nc(-c5cc(-c6ccc7ccccc7c6)cc6oc7ccccc7c56)n4)C=C3C2C=C1. The Morgan fingerprint density at radius 3 is 2.35 bits per heavy atom. The second kappa shape index (κ2) is 11.0. The Hall–Kier alpha value is -5.52. The third-order valence-electron chi connectivity index (χ3n) is 9.76. The van der Waals surface area contributed by atoms with Gasteiger partial charge in [0, 0.05) is 43.9 Å². The topological polar surface area (TPSA) is 51.8 Å². The summed E-state index contributed by atoms with van der Waals surface area (Å²) in [5.41, 5.74) is 8.24. The molecule has 48 heavy (non-hydrogen) atoms. The van der Waals surface area contributed by atoms with Gasteiger partial charge in [0.15, 0.2) is 17.5 Å². The first-order chi connectivity index (χ1) is 23.7. The van der Waals surface area contributed by atoms with Crippen molar-refractivity contribution in [2.24, 2.45) is 5.92 Å². The minimum absolute atomic E-state index is 0.416. The first kappa shape index (κ1) is 27.6. The van der Waals surface area contributed by atoms with Gasteiger partial charge in [-0.1, -0.05) is 121 Å². The average molecular weight is 636 g/mol. The molecule has 228 valence electrons. The third kappa shape index (κ3) is 4.57. The van der Waals surface area contributed by atoms with Crippen molar-refractivity contribution in [3.63, 3.8) is 0 Å². The maximum absolute atomic E-state index is 6.52. The normalized spacial score (nSPS) is 19.8. The highest BCUT2D eigenvalue weighted by molar-refractivity contribution is 8.01. The molecule has 0 saturated carbocycles. The average Bonchev–Trinajstić information content (AvgIpc) is 3.72. The minimum Gasteiger partial charge on any atom is -0.456 e. The van der Waals surface area contributed by atoms with E-state index in [1.807, 2.05) is 30.3 Å². The largest absolute Gasteiger partial charge is 0.456 e. The first-order valence-corrected chi connectivity index (χ1v) is 17.4. The molecule has 1 fully saturated rings. The molecule has 2 aromatic heterocycles. The van der Waals surface area contributed by atoms with Crippen molar-refractivity contribution in [2.75, 3.05) is 0 Å². The highest BCUT2D eigenvalue weighted by atomic mass is 32.2. The van der Waals surface area contributed by atoms with E-state index in [1.54, 1.807) is 0 Å². The van der Waals surface area contributed by atoms with Gasteiger partial charge in [0.1, 0.15) is 11.2 Å². The molecule has 3 aliphatic rings. The summed E-state index contributed by atoms with van der Waals surface area (Å²) in [5, 5.41) is 5.45. The number of allylic oxidation sites excluding steroid dienone is 6. The Morgan fingerprint density at radius 1 is 0.625 bits per heavy atom. The number of fused-ring (bicyclic) bond motifs is 7. The van der Waals surface area contributed by atoms with E-state index in [0.29, 0.717) is 33.9 Å². The molecule has 3 heterocycles. The molecule has 1 aliphatic heterocycles. The zero-order chi connectivity index (χ0) is 31.6. The third-order valence-corrected chi connectivity index (χ3v) is 11.3. The molecule has 5 heteroatoms. The van der Waals surface area contributed by atoms with Crippen molar-refractivity contribution >= 4 is 50.0 Å². The summed E-state index contributed by atoms with van der Waals surface area (Å²) in [4.78, 5) is 15.6. The fourth-order valence-corrected chi connectivity index (χ4v) is 8.99. The second-order valence-electron chi connectivity index (χ2n) is 12.7. The Bertz CT molecular complexity index is 2540. The molecular weight excluding hydrogens is 607 g/mol. The van der Waals surface area contributed by atoms with Gasteiger partial charge in [0.05, 0.1) is 0 Å². The van der Waals surface area contributed by atoms with Gasteiger partial charge >= 0.3 is 0 Å². The predicted octanol–water partition coefficient (Wildman–Crippen LogP) is 10.9. The Morgan fingerprint density at radius 2 is 1.42 bits per heavy atom. The van der Waals surface area contributed by atoms with E-state index >= 15 is 0 Å². The van der Waals surface area contributed by atoms with E-state index in [-0.39, 0.29) is 0 Å². The number of nitrogens with zero attached hydrogens (tertiary/aromatic N) is 3. The summed E-state index contributed by atoms with van der Waals surface area (Å²) in [5.74, 6) is 2.41. The summed E-state index contributed by atoms with van der Waals surface area (Å²) >= 11 is 2.06. The molecule has 2 aliphatic carbocycles. The first-order valence-electron chi connectivity index (χ1n) is 16.4. The van der Waals surface area contributed by atoms with Crippen LogP contribution in [0.25, 0.3) is 72.2 Å². The fraction of sp³-hybridized carbons (Fsp3) is 0.0930. The van der Waals surface area contributed by atoms with Crippen LogP contribution in [0.1, 0.15) is 12.2 Å². The zero-order valence-electron chi connectivity index (χ0n) is 26.0. The van der Waals surface area contributed by atoms with E-state index in [9.17, 15) is 0 Å². The van der Waals surface area contributed by atoms with Gasteiger partial charge in [-0.15, -0.1) is 11.8 Å². The Balaban J connectivity index is 1.20. The van der Waals surface area contributed by atoms with Crippen LogP contribution >= 0.6 is 11.8 Å². The summed E-state index contributed by atoms with van der Waals surface area (Å²) in [6.07, 6.45) is 14.7. The quantitative estimate of drug-likeness (QED) is 0.193. The summed E-state index contributed by atoms with van der Waals surface area (Å²) in [6.45, 7) is 0. The molecule has 0 bridgehead atoms. The van der Waals surface area contributed by atoms with Crippen LogP contribution in [0.5, 0.6) is 0 Å². The molecule has 0 amide bonds. The lowest BCUT2D eigenvalue weighted by Crippen LogP contribution is -2.13. The number of rotatable bonds is 4. The number of thioether (sulfide) groups is 1. The number of furan rings is 1. The van der Waals surface area contributed by atoms with E-state index in [0.717, 1.165) is 56.2 Å². The van der Waals surface area contributed by atoms with Crippen LogP contribution in [-0.2, 0) is 0 Å². The smallest absolute Gasteiger partial charge is 0.164 e. The lowest BCUT2D eigenvalue weighted by Gasteiger charge is -2.19. The van der Waals surface area contributed by atoms with Crippen LogP contribution in [0.15, 0.2) is 156 Å². The number of benzene rings is 5. The molecular formula is C43H29N3OS. The van der Waals surface area contributed by atoms with Crippen molar-refractivity contribution in [1.82, 2.24) is 15.0 Å². The number of hydrogen-bond donors (Lipinski definition) is 0. The molecule has 0 spiro atoms. The maximum Gasteiger partial charge on any atom is 0.164 e. The lowest BCUT2D eigenvalue weighted by molar-refractivity contribution is 0.669. The molecule has 3 unspecified atom stereocenters. The van der Waals surface area contributed by atoms with Crippen molar-refractivity contribution in [2.45, 2.75) is 16.9 Å². The van der Waals surface area contributed by atoms with Gasteiger partial charge in [0.25, 0.3) is 0 Å². The van der Waals surface area contributed by atoms with Gasteiger partial charge in [-0.2, -0.15) is 0 Å². The van der Waals surface area contributed by atoms with Crippen molar-refractivity contribution < 1.29 is 4.42 Å². The summed E-state index contributed by atoms with van der Waals surface area (Å²) in [6, 6.07) is 37.9. The molecule has 0 N–H and O–H groups in total. The van der Waals surface area contributed by atoms with Crippen LogP contribution in [0.3, 0.4) is 0 Å². The van der Waals surface area contributed by atoms with Crippen molar-refractivity contribution in [3.05, 3.63) is 157 Å². The molecule has 10 rings (SSSR count). The highest BCUT2D eigenvalue weighted by Gasteiger charge is 2.38. The van der Waals surface area contributed by atoms with E-state index in [1.165, 1.54) is 16.3 Å². The van der Waals surface area contributed by atoms with Crippen LogP contribution in [-0.4, -0.2) is 25.5 Å². The van der Waals surface area contributed by atoms with Crippen LogP contribution in [0, 0.1) is 5.92 Å². The molecule has 4 nitrogen and oxygen atoms in total. The van der Waals surface area contributed by atoms with Gasteiger partial charge < -0.3 is 4.42 Å². The minimum atomic E-state index is 0.416. The Kier molecular flexibility index (Phi) is 6.34. The van der Waals surface area contributed by atoms with Crippen LogP contribution in [0.2, 0.25) is 0 Å². The van der Waals surface area contributed by atoms with Gasteiger partial charge in [-0.05, 0) is 58.2 Å². The summed E-state index contributed by atoms with van der Waals surface area (Å²) < 4.78 is 6.52. The standard InChI is InChI=1S/C43H29N3OS/c1-2-11-27(12-3-1)41-44-42(30-20-21-39-34(23-30)32-14-7-9-17-38(32)48-39)46-43(45-41)35-24-31(29-19-18-26-10-4-5-13-28(26)22-29)25-37-40(35)33-15-6-8-16-36(33)47-37/h1-20,22-25,32,38-39H,21H2. The van der Waals surface area contributed by atoms with Crippen LogP contribution < -0.4 is 0 Å². The second-order valence-corrected chi connectivity index (χ2v) is 14.0. The van der Waals surface area contributed by atoms with E-state index in [4.69, 9.17) is 19.4 Å². The van der Waals surface area contributed by atoms with Crippen LogP contribution in [0.4, 0.5) is 0 Å². The predicted molar refractivity (Wildman–Crippen MR) is 199 cm³/mol. The maximum atomic E-state index is 6.52. The number of hydrogen-bond acceptors (Lipinski definition) is 5. The van der Waals surface area contributed by atoms with E-state index < -0.39 is 0 Å². The molecule has 1 saturated heterocycles. The van der Waals surface area contributed by atoms with Gasteiger partial charge in [-0.3, -0.25) is 0 Å². The van der Waals surface area contributed by atoms with Crippen molar-refractivity contribution in [1.29, 1.82) is 0 Å². The fourth-order valence-electron chi connectivity index (χ4n) is 7.42. The number of aromatic nitrogens is 3. The van der Waals surface area contributed by atoms with E-state index in [2.05, 4.69) is 127 Å². The monoisotopic (exact) mass is 635 g/mol. The molecule has 0 radical (unpaired) electrons. The molecule has 3 atom stereocenters. The lowest BCUT2D eigenvalue weighted by atomic mass is 9.85. The molecule has 5 aromatic carbocycles. The van der Waals surface area contributed by atoms with Crippen molar-refractivity contribution in [3.8, 4) is 33.9 Å². The molecule has 7 aromatic rings. The van der Waals surface area contributed by atoms with Gasteiger partial charge in [0.2, 0.25) is 0 Å². The summed E-state index contributed by atoms with van der Waals surface area (Å²) in [7, 11) is 0.